The molecule has 0 fully saturated rings. The van der Waals surface area contributed by atoms with Crippen molar-refractivity contribution >= 4 is 17.9 Å². The van der Waals surface area contributed by atoms with E-state index in [0.717, 1.165) is 0 Å². The minimum atomic E-state index is -1.01. The molecule has 3 amide bonds. The predicted octanol–water partition coefficient (Wildman–Crippen LogP) is 0.638. The molecule has 0 aliphatic carbocycles. The number of carbonyl (C=O) groups is 3. The van der Waals surface area contributed by atoms with Crippen molar-refractivity contribution in [1.29, 1.82) is 0 Å². The fourth-order valence-electron chi connectivity index (χ4n) is 1.74. The van der Waals surface area contributed by atoms with Gasteiger partial charge in [0.05, 0.1) is 12.5 Å². The van der Waals surface area contributed by atoms with E-state index in [-0.39, 0.29) is 25.3 Å². The summed E-state index contributed by atoms with van der Waals surface area (Å²) >= 11 is 0. The van der Waals surface area contributed by atoms with Crippen LogP contribution in [0.3, 0.4) is 0 Å². The van der Waals surface area contributed by atoms with Gasteiger partial charge in [-0.3, -0.25) is 9.59 Å². The monoisotopic (exact) mass is 293 g/mol. The molecule has 0 bridgehead atoms. The molecule has 0 radical (unpaired) electrons. The van der Waals surface area contributed by atoms with E-state index in [1.54, 1.807) is 24.3 Å². The second-order valence-electron chi connectivity index (χ2n) is 4.38. The number of carboxylic acid groups (broad SMARTS) is 1. The summed E-state index contributed by atoms with van der Waals surface area (Å²) in [5.74, 6) is -1.19. The molecule has 0 saturated heterocycles. The Balaban J connectivity index is 2.55. The molecule has 7 nitrogen and oxygen atoms in total. The summed E-state index contributed by atoms with van der Waals surface area (Å²) in [7, 11) is 1.51. The zero-order valence-electron chi connectivity index (χ0n) is 11.8. The number of hydrogen-bond donors (Lipinski definition) is 4. The van der Waals surface area contributed by atoms with E-state index in [1.807, 2.05) is 6.07 Å². The van der Waals surface area contributed by atoms with Crippen LogP contribution in [0.15, 0.2) is 30.3 Å². The molecule has 0 heterocycles. The topological polar surface area (TPSA) is 108 Å². The lowest BCUT2D eigenvalue weighted by molar-refractivity contribution is -0.137. The lowest BCUT2D eigenvalue weighted by atomic mass is 10.0. The van der Waals surface area contributed by atoms with Crippen LogP contribution in [0.1, 0.15) is 24.4 Å². The highest BCUT2D eigenvalue weighted by Gasteiger charge is 2.17. The zero-order chi connectivity index (χ0) is 15.7. The van der Waals surface area contributed by atoms with Gasteiger partial charge >= 0.3 is 12.0 Å². The Morgan fingerprint density at radius 1 is 1.19 bits per heavy atom. The van der Waals surface area contributed by atoms with Crippen LogP contribution in [0, 0.1) is 0 Å². The Morgan fingerprint density at radius 2 is 1.86 bits per heavy atom. The maximum Gasteiger partial charge on any atom is 0.315 e. The maximum atomic E-state index is 11.7. The molecular weight excluding hydrogens is 274 g/mol. The van der Waals surface area contributed by atoms with Crippen molar-refractivity contribution in [3.05, 3.63) is 35.9 Å². The lowest BCUT2D eigenvalue weighted by Crippen LogP contribution is -2.40. The van der Waals surface area contributed by atoms with Gasteiger partial charge in [0.15, 0.2) is 0 Å². The SMILES string of the molecule is CNC(=O)CCNC(=O)NC(CC(=O)O)c1ccccc1. The van der Waals surface area contributed by atoms with Crippen LogP contribution < -0.4 is 16.0 Å². The fraction of sp³-hybridized carbons (Fsp3) is 0.357. The Morgan fingerprint density at radius 3 is 2.43 bits per heavy atom. The number of benzene rings is 1. The highest BCUT2D eigenvalue weighted by molar-refractivity contribution is 5.78. The van der Waals surface area contributed by atoms with Gasteiger partial charge in [-0.1, -0.05) is 30.3 Å². The number of urea groups is 1. The number of amides is 3. The van der Waals surface area contributed by atoms with Gasteiger partial charge in [0.1, 0.15) is 0 Å². The smallest absolute Gasteiger partial charge is 0.315 e. The molecule has 114 valence electrons. The predicted molar refractivity (Wildman–Crippen MR) is 76.7 cm³/mol. The van der Waals surface area contributed by atoms with Gasteiger partial charge < -0.3 is 21.1 Å². The molecule has 1 atom stereocenters. The van der Waals surface area contributed by atoms with Crippen LogP contribution in [-0.2, 0) is 9.59 Å². The normalized spacial score (nSPS) is 11.3. The molecule has 0 aromatic heterocycles. The molecule has 21 heavy (non-hydrogen) atoms. The first kappa shape index (κ1) is 16.5. The van der Waals surface area contributed by atoms with Crippen LogP contribution in [0.5, 0.6) is 0 Å². The van der Waals surface area contributed by atoms with Gasteiger partial charge in [0.25, 0.3) is 0 Å². The molecule has 0 spiro atoms. The molecule has 0 saturated carbocycles. The van der Waals surface area contributed by atoms with Crippen molar-refractivity contribution in [2.24, 2.45) is 0 Å². The second-order valence-corrected chi connectivity index (χ2v) is 4.38. The number of aliphatic carboxylic acids is 1. The first-order valence-corrected chi connectivity index (χ1v) is 6.54. The molecular formula is C14H19N3O4. The minimum Gasteiger partial charge on any atom is -0.481 e. The highest BCUT2D eigenvalue weighted by Crippen LogP contribution is 2.16. The Kier molecular flexibility index (Phi) is 6.73. The molecule has 1 rings (SSSR count). The average molecular weight is 293 g/mol. The van der Waals surface area contributed by atoms with E-state index in [1.165, 1.54) is 7.05 Å². The fourth-order valence-corrected chi connectivity index (χ4v) is 1.74. The molecule has 1 aromatic carbocycles. The van der Waals surface area contributed by atoms with Gasteiger partial charge in [0, 0.05) is 20.0 Å². The van der Waals surface area contributed by atoms with E-state index in [9.17, 15) is 14.4 Å². The third kappa shape index (κ3) is 6.42. The number of carbonyl (C=O) groups excluding carboxylic acids is 2. The van der Waals surface area contributed by atoms with Gasteiger partial charge in [-0.05, 0) is 5.56 Å². The first-order chi connectivity index (χ1) is 10.0. The Labute approximate surface area is 122 Å². The lowest BCUT2D eigenvalue weighted by Gasteiger charge is -2.17. The quantitative estimate of drug-likeness (QED) is 0.591. The van der Waals surface area contributed by atoms with Crippen LogP contribution in [-0.4, -0.2) is 36.6 Å². The van der Waals surface area contributed by atoms with Crippen LogP contribution >= 0.6 is 0 Å². The molecule has 0 aliphatic rings. The van der Waals surface area contributed by atoms with Crippen molar-refractivity contribution in [2.75, 3.05) is 13.6 Å². The average Bonchev–Trinajstić information content (AvgIpc) is 2.46. The summed E-state index contributed by atoms with van der Waals surface area (Å²) < 4.78 is 0. The molecule has 4 N–H and O–H groups in total. The summed E-state index contributed by atoms with van der Waals surface area (Å²) in [5, 5.41) is 16.5. The summed E-state index contributed by atoms with van der Waals surface area (Å²) in [6, 6.07) is 7.73. The van der Waals surface area contributed by atoms with Gasteiger partial charge in [-0.15, -0.1) is 0 Å². The third-order valence-electron chi connectivity index (χ3n) is 2.80. The van der Waals surface area contributed by atoms with Crippen molar-refractivity contribution in [1.82, 2.24) is 16.0 Å². The second kappa shape index (κ2) is 8.57. The summed E-state index contributed by atoms with van der Waals surface area (Å²) in [5.41, 5.74) is 0.710. The van der Waals surface area contributed by atoms with Gasteiger partial charge in [-0.2, -0.15) is 0 Å². The third-order valence-corrected chi connectivity index (χ3v) is 2.80. The first-order valence-electron chi connectivity index (χ1n) is 6.54. The number of hydrogen-bond acceptors (Lipinski definition) is 3. The van der Waals surface area contributed by atoms with E-state index in [0.29, 0.717) is 5.56 Å². The van der Waals surface area contributed by atoms with E-state index < -0.39 is 18.0 Å². The molecule has 7 heteroatoms. The van der Waals surface area contributed by atoms with Crippen molar-refractivity contribution in [2.45, 2.75) is 18.9 Å². The van der Waals surface area contributed by atoms with Crippen LogP contribution in [0.4, 0.5) is 4.79 Å². The van der Waals surface area contributed by atoms with E-state index in [4.69, 9.17) is 5.11 Å². The maximum absolute atomic E-state index is 11.7. The molecule has 0 aliphatic heterocycles. The summed E-state index contributed by atoms with van der Waals surface area (Å²) in [6.45, 7) is 0.181. The Hall–Kier alpha value is -2.57. The van der Waals surface area contributed by atoms with Gasteiger partial charge in [0.2, 0.25) is 5.91 Å². The summed E-state index contributed by atoms with van der Waals surface area (Å²) in [4.78, 5) is 33.6. The van der Waals surface area contributed by atoms with Crippen molar-refractivity contribution in [3.8, 4) is 0 Å². The standard InChI is InChI=1S/C14H19N3O4/c1-15-12(18)7-8-16-14(21)17-11(9-13(19)20)10-5-3-2-4-6-10/h2-6,11H,7-9H2,1H3,(H,15,18)(H,19,20)(H2,16,17,21). The number of nitrogens with one attached hydrogen (secondary N) is 3. The van der Waals surface area contributed by atoms with Crippen LogP contribution in [0.2, 0.25) is 0 Å². The largest absolute Gasteiger partial charge is 0.481 e. The summed E-state index contributed by atoms with van der Waals surface area (Å²) in [6.07, 6.45) is -0.0499. The number of rotatable bonds is 7. The van der Waals surface area contributed by atoms with Crippen molar-refractivity contribution in [3.63, 3.8) is 0 Å². The van der Waals surface area contributed by atoms with E-state index >= 15 is 0 Å². The van der Waals surface area contributed by atoms with E-state index in [2.05, 4.69) is 16.0 Å². The minimum absolute atomic E-state index is 0.166. The number of carboxylic acids is 1. The Bertz CT molecular complexity index is 490. The van der Waals surface area contributed by atoms with Crippen molar-refractivity contribution < 1.29 is 19.5 Å². The highest BCUT2D eigenvalue weighted by atomic mass is 16.4. The molecule has 1 unspecified atom stereocenters. The van der Waals surface area contributed by atoms with Crippen LogP contribution in [0.25, 0.3) is 0 Å². The molecule has 1 aromatic rings. The van der Waals surface area contributed by atoms with Gasteiger partial charge in [-0.25, -0.2) is 4.79 Å². The zero-order valence-corrected chi connectivity index (χ0v) is 11.8.